The molecule has 42 heavy (non-hydrogen) atoms. The lowest BCUT2D eigenvalue weighted by Gasteiger charge is -2.43. The van der Waals surface area contributed by atoms with E-state index in [1.807, 2.05) is 0 Å². The molecule has 9 atom stereocenters. The van der Waals surface area contributed by atoms with Gasteiger partial charge in [-0.15, -0.1) is 0 Å². The maximum Gasteiger partial charge on any atom is 0.305 e. The van der Waals surface area contributed by atoms with Crippen molar-refractivity contribution in [3.8, 4) is 0 Å². The Labute approximate surface area is 248 Å². The van der Waals surface area contributed by atoms with E-state index in [2.05, 4.69) is 31.2 Å². The topological polar surface area (TPSA) is 196 Å². The van der Waals surface area contributed by atoms with Gasteiger partial charge < -0.3 is 54.7 Å². The Morgan fingerprint density at radius 2 is 1.43 bits per heavy atom. The molecule has 2 rings (SSSR count). The first-order chi connectivity index (χ1) is 20.2. The number of aliphatic hydroxyl groups excluding tert-OH is 7. The van der Waals surface area contributed by atoms with Crippen LogP contribution in [0, 0.1) is 0 Å². The summed E-state index contributed by atoms with van der Waals surface area (Å²) in [5.41, 5.74) is 0. The number of ether oxygens (including phenoxy) is 4. The zero-order chi connectivity index (χ0) is 31.0. The number of rotatable bonds is 20. The molecule has 0 bridgehead atoms. The fourth-order valence-electron chi connectivity index (χ4n) is 4.95. The average molecular weight is 605 g/mol. The van der Waals surface area contributed by atoms with Crippen molar-refractivity contribution in [1.82, 2.24) is 0 Å². The highest BCUT2D eigenvalue weighted by atomic mass is 16.8. The molecule has 0 unspecified atom stereocenters. The van der Waals surface area contributed by atoms with Crippen molar-refractivity contribution >= 4 is 5.97 Å². The highest BCUT2D eigenvalue weighted by Gasteiger charge is 2.58. The Kier molecular flexibility index (Phi) is 17.3. The number of unbranched alkanes of at least 4 members (excludes halogenated alkanes) is 8. The van der Waals surface area contributed by atoms with Gasteiger partial charge in [0.2, 0.25) is 5.79 Å². The molecular weight excluding hydrogens is 552 g/mol. The van der Waals surface area contributed by atoms with Gasteiger partial charge in [-0.1, -0.05) is 63.3 Å². The molecule has 2 aliphatic rings. The Morgan fingerprint density at radius 1 is 0.786 bits per heavy atom. The number of allylic oxidation sites excluding steroid dienone is 4. The van der Waals surface area contributed by atoms with Crippen LogP contribution < -0.4 is 0 Å². The summed E-state index contributed by atoms with van der Waals surface area (Å²) in [5.74, 6) is -2.79. The molecule has 2 heterocycles. The van der Waals surface area contributed by atoms with Crippen LogP contribution in [0.4, 0.5) is 0 Å². The fourth-order valence-corrected chi connectivity index (χ4v) is 4.95. The van der Waals surface area contributed by atoms with Crippen LogP contribution in [0.5, 0.6) is 0 Å². The third-order valence-electron chi connectivity index (χ3n) is 7.63. The molecule has 0 aliphatic carbocycles. The average Bonchev–Trinajstić information content (AvgIpc) is 3.23. The second-order valence-electron chi connectivity index (χ2n) is 11.0. The molecule has 0 spiro atoms. The number of carbonyl (C=O) groups excluding carboxylic acids is 1. The molecule has 7 N–H and O–H groups in total. The van der Waals surface area contributed by atoms with Crippen molar-refractivity contribution in [2.45, 2.75) is 139 Å². The summed E-state index contributed by atoms with van der Waals surface area (Å²) in [4.78, 5) is 12.2. The van der Waals surface area contributed by atoms with Crippen molar-refractivity contribution in [1.29, 1.82) is 0 Å². The van der Waals surface area contributed by atoms with E-state index < -0.39 is 80.6 Å². The quantitative estimate of drug-likeness (QED) is 0.0592. The Hall–Kier alpha value is -1.45. The van der Waals surface area contributed by atoms with Crippen molar-refractivity contribution in [2.24, 2.45) is 0 Å². The third kappa shape index (κ3) is 11.2. The molecule has 244 valence electrons. The van der Waals surface area contributed by atoms with Crippen molar-refractivity contribution in [2.75, 3.05) is 19.8 Å². The molecule has 0 radical (unpaired) electrons. The monoisotopic (exact) mass is 604 g/mol. The Morgan fingerprint density at radius 3 is 2.07 bits per heavy atom. The van der Waals surface area contributed by atoms with Crippen molar-refractivity contribution in [3.05, 3.63) is 24.3 Å². The molecule has 0 aromatic carbocycles. The summed E-state index contributed by atoms with van der Waals surface area (Å²) in [6.07, 6.45) is 7.77. The molecule has 12 nitrogen and oxygen atoms in total. The highest BCUT2D eigenvalue weighted by Crippen LogP contribution is 2.36. The van der Waals surface area contributed by atoms with E-state index in [0.717, 1.165) is 44.9 Å². The zero-order valence-corrected chi connectivity index (χ0v) is 24.7. The van der Waals surface area contributed by atoms with Gasteiger partial charge in [-0.05, 0) is 38.5 Å². The second-order valence-corrected chi connectivity index (χ2v) is 11.0. The minimum Gasteiger partial charge on any atom is -0.463 e. The minimum atomic E-state index is -2.29. The number of esters is 1. The Bertz CT molecular complexity index is 805. The van der Waals surface area contributed by atoms with Gasteiger partial charge in [-0.25, -0.2) is 0 Å². The lowest BCUT2D eigenvalue weighted by atomic mass is 9.99. The van der Waals surface area contributed by atoms with E-state index >= 15 is 0 Å². The summed E-state index contributed by atoms with van der Waals surface area (Å²) >= 11 is 0. The normalized spacial score (nSPS) is 33.6. The van der Waals surface area contributed by atoms with Gasteiger partial charge in [0.1, 0.15) is 55.9 Å². The van der Waals surface area contributed by atoms with Gasteiger partial charge >= 0.3 is 5.97 Å². The van der Waals surface area contributed by atoms with Crippen LogP contribution >= 0.6 is 0 Å². The molecule has 2 aliphatic heterocycles. The SMILES string of the molecule is CCCCC/C=C\C/C=C\CCCCCCCC(=O)OC[C@H]1O[C@@](CO)(O[C@H]2O[C@H](CO)[C@@H](O)[C@H](O)[C@H]2O)[C@@H](O)[C@@H]1O. The lowest BCUT2D eigenvalue weighted by molar-refractivity contribution is -0.383. The maximum atomic E-state index is 12.2. The van der Waals surface area contributed by atoms with E-state index in [-0.39, 0.29) is 6.42 Å². The standard InChI is InChI=1S/C30H52O12/c1-2-3-4-5-6-7-8-9-10-11-12-13-14-15-16-17-23(33)39-19-22-25(35)28(38)30(20-32,41-22)42-29-27(37)26(36)24(34)21(18-31)40-29/h6-7,9-10,21-22,24-29,31-32,34-38H,2-5,8,11-20H2,1H3/b7-6-,10-9-/t21-,22-,24-,25-,26+,27-,28+,29-,30+/m1/s1. The van der Waals surface area contributed by atoms with Crippen LogP contribution in [-0.4, -0.2) is 116 Å². The van der Waals surface area contributed by atoms with E-state index in [1.54, 1.807) is 0 Å². The number of carbonyl (C=O) groups is 1. The van der Waals surface area contributed by atoms with Crippen LogP contribution in [-0.2, 0) is 23.7 Å². The first-order valence-electron chi connectivity index (χ1n) is 15.3. The van der Waals surface area contributed by atoms with Crippen molar-refractivity contribution < 1.29 is 59.5 Å². The summed E-state index contributed by atoms with van der Waals surface area (Å²) in [6, 6.07) is 0. The van der Waals surface area contributed by atoms with Gasteiger partial charge in [0.25, 0.3) is 0 Å². The first kappa shape index (κ1) is 36.7. The van der Waals surface area contributed by atoms with E-state index in [9.17, 15) is 40.5 Å². The van der Waals surface area contributed by atoms with E-state index in [4.69, 9.17) is 18.9 Å². The lowest BCUT2D eigenvalue weighted by Crippen LogP contribution is -2.62. The number of hydrogen-bond acceptors (Lipinski definition) is 12. The summed E-state index contributed by atoms with van der Waals surface area (Å²) in [5, 5.41) is 70.4. The zero-order valence-electron chi connectivity index (χ0n) is 24.7. The first-order valence-corrected chi connectivity index (χ1v) is 15.3. The van der Waals surface area contributed by atoms with Gasteiger partial charge in [0, 0.05) is 6.42 Å². The summed E-state index contributed by atoms with van der Waals surface area (Å²) in [7, 11) is 0. The van der Waals surface area contributed by atoms with Crippen LogP contribution in [0.2, 0.25) is 0 Å². The van der Waals surface area contributed by atoms with Gasteiger partial charge in [0.15, 0.2) is 6.29 Å². The van der Waals surface area contributed by atoms with Crippen molar-refractivity contribution in [3.63, 3.8) is 0 Å². The number of aliphatic hydroxyl groups is 7. The van der Waals surface area contributed by atoms with E-state index in [1.165, 1.54) is 19.3 Å². The summed E-state index contributed by atoms with van der Waals surface area (Å²) in [6.45, 7) is 0.0848. The Balaban J connectivity index is 1.64. The van der Waals surface area contributed by atoms with Crippen LogP contribution in [0.15, 0.2) is 24.3 Å². The molecule has 2 saturated heterocycles. The van der Waals surface area contributed by atoms with Gasteiger partial charge in [-0.3, -0.25) is 4.79 Å². The second kappa shape index (κ2) is 19.8. The predicted molar refractivity (Wildman–Crippen MR) is 152 cm³/mol. The maximum absolute atomic E-state index is 12.2. The van der Waals surface area contributed by atoms with Crippen LogP contribution in [0.25, 0.3) is 0 Å². The molecule has 0 saturated carbocycles. The van der Waals surface area contributed by atoms with Gasteiger partial charge in [0.05, 0.1) is 6.61 Å². The number of hydrogen-bond donors (Lipinski definition) is 7. The summed E-state index contributed by atoms with van der Waals surface area (Å²) < 4.78 is 21.4. The van der Waals surface area contributed by atoms with Crippen LogP contribution in [0.1, 0.15) is 84.0 Å². The fraction of sp³-hybridized carbons (Fsp3) is 0.833. The largest absolute Gasteiger partial charge is 0.463 e. The molecular formula is C30H52O12. The molecule has 0 amide bonds. The highest BCUT2D eigenvalue weighted by molar-refractivity contribution is 5.69. The molecule has 12 heteroatoms. The third-order valence-corrected chi connectivity index (χ3v) is 7.63. The predicted octanol–water partition coefficient (Wildman–Crippen LogP) is 0.969. The molecule has 0 aromatic heterocycles. The molecule has 2 fully saturated rings. The van der Waals surface area contributed by atoms with Crippen LogP contribution in [0.3, 0.4) is 0 Å². The van der Waals surface area contributed by atoms with E-state index in [0.29, 0.717) is 6.42 Å². The minimum absolute atomic E-state index is 0.183. The smallest absolute Gasteiger partial charge is 0.305 e. The molecule has 0 aromatic rings. The van der Waals surface area contributed by atoms with Gasteiger partial charge in [-0.2, -0.15) is 0 Å².